The molecule has 0 aromatic carbocycles. The Kier molecular flexibility index (Phi) is 9.20. The molecule has 0 aromatic heterocycles. The van der Waals surface area contributed by atoms with Crippen LogP contribution in [0.2, 0.25) is 0 Å². The van der Waals surface area contributed by atoms with E-state index in [1.54, 1.807) is 6.08 Å². The van der Waals surface area contributed by atoms with Gasteiger partial charge in [-0.25, -0.2) is 0 Å². The molecule has 0 bridgehead atoms. The Morgan fingerprint density at radius 2 is 1.70 bits per heavy atom. The smallest absolute Gasteiger partial charge is 0.0180 e. The first-order valence-electron chi connectivity index (χ1n) is 3.01. The van der Waals surface area contributed by atoms with Gasteiger partial charge in [-0.2, -0.15) is 0 Å². The molecule has 1 nitrogen and oxygen atoms in total. The Morgan fingerprint density at radius 3 is 1.80 bits per heavy atom. The van der Waals surface area contributed by atoms with Gasteiger partial charge in [-0.15, -0.1) is 13.2 Å². The van der Waals surface area contributed by atoms with E-state index in [-0.39, 0.29) is 0 Å². The van der Waals surface area contributed by atoms with Gasteiger partial charge in [-0.1, -0.05) is 12.2 Å². The molecular weight excluding hydrogens is 122 g/mol. The van der Waals surface area contributed by atoms with Gasteiger partial charge in [0.25, 0.3) is 0 Å². The molecule has 0 unspecified atom stereocenters. The van der Waals surface area contributed by atoms with Crippen molar-refractivity contribution in [3.8, 4) is 0 Å². The summed E-state index contributed by atoms with van der Waals surface area (Å²) in [6.07, 6.45) is 2.99. The molecule has 0 heterocycles. The maximum atomic E-state index is 6.68. The number of allylic oxidation sites excluding steroid dienone is 3. The highest BCUT2D eigenvalue weighted by molar-refractivity contribution is 5.70. The summed E-state index contributed by atoms with van der Waals surface area (Å²) in [6, 6.07) is 0. The van der Waals surface area contributed by atoms with Crippen LogP contribution in [-0.2, 0) is 0 Å². The van der Waals surface area contributed by atoms with Gasteiger partial charge in [0, 0.05) is 6.21 Å². The zero-order valence-electron chi connectivity index (χ0n) is 6.78. The monoisotopic (exact) mass is 137 g/mol. The highest BCUT2D eigenvalue weighted by Gasteiger charge is 1.83. The lowest BCUT2D eigenvalue weighted by Gasteiger charge is -1.92. The van der Waals surface area contributed by atoms with E-state index in [4.69, 9.17) is 5.41 Å². The molecule has 0 atom stereocenters. The van der Waals surface area contributed by atoms with Crippen molar-refractivity contribution < 1.29 is 0 Å². The topological polar surface area (TPSA) is 23.9 Å². The Balaban J connectivity index is 0. The van der Waals surface area contributed by atoms with Gasteiger partial charge in [0.15, 0.2) is 0 Å². The van der Waals surface area contributed by atoms with Crippen LogP contribution in [0.3, 0.4) is 0 Å². The van der Waals surface area contributed by atoms with Crippen LogP contribution < -0.4 is 0 Å². The second kappa shape index (κ2) is 7.89. The maximum Gasteiger partial charge on any atom is 0.0180 e. The minimum Gasteiger partial charge on any atom is -0.309 e. The predicted molar refractivity (Wildman–Crippen MR) is 48.6 cm³/mol. The summed E-state index contributed by atoms with van der Waals surface area (Å²) < 4.78 is 0. The van der Waals surface area contributed by atoms with Crippen molar-refractivity contribution in [3.63, 3.8) is 0 Å². The normalized spacial score (nSPS) is 9.20. The highest BCUT2D eigenvalue weighted by atomic mass is 14.3. The van der Waals surface area contributed by atoms with Gasteiger partial charge in [0.05, 0.1) is 0 Å². The van der Waals surface area contributed by atoms with Crippen LogP contribution >= 0.6 is 0 Å². The SMILES string of the molecule is C=C.C=C(C)/C(C)=C/C=N. The first-order valence-corrected chi connectivity index (χ1v) is 3.01. The zero-order chi connectivity index (χ0) is 8.57. The minimum atomic E-state index is 1.02. The van der Waals surface area contributed by atoms with E-state index in [0.717, 1.165) is 11.1 Å². The molecule has 0 aromatic rings. The van der Waals surface area contributed by atoms with E-state index in [9.17, 15) is 0 Å². The molecule has 1 heteroatoms. The quantitative estimate of drug-likeness (QED) is 0.344. The first-order chi connectivity index (χ1) is 4.68. The molecule has 0 aliphatic heterocycles. The minimum absolute atomic E-state index is 1.02. The third-order valence-electron chi connectivity index (χ3n) is 1.01. The second-order valence-electron chi connectivity index (χ2n) is 1.80. The maximum absolute atomic E-state index is 6.68. The van der Waals surface area contributed by atoms with E-state index in [1.807, 2.05) is 13.8 Å². The largest absolute Gasteiger partial charge is 0.309 e. The van der Waals surface area contributed by atoms with E-state index in [1.165, 1.54) is 6.21 Å². The summed E-state index contributed by atoms with van der Waals surface area (Å²) in [5, 5.41) is 6.68. The van der Waals surface area contributed by atoms with Crippen LogP contribution in [-0.4, -0.2) is 6.21 Å². The second-order valence-corrected chi connectivity index (χ2v) is 1.80. The Labute approximate surface area is 63.3 Å². The third-order valence-corrected chi connectivity index (χ3v) is 1.01. The van der Waals surface area contributed by atoms with Gasteiger partial charge in [0.2, 0.25) is 0 Å². The fraction of sp³-hybridized carbons (Fsp3) is 0.222. The van der Waals surface area contributed by atoms with Crippen LogP contribution in [0, 0.1) is 5.41 Å². The average molecular weight is 137 g/mol. The van der Waals surface area contributed by atoms with Gasteiger partial charge in [0.1, 0.15) is 0 Å². The molecule has 0 saturated carbocycles. The molecule has 0 aliphatic rings. The van der Waals surface area contributed by atoms with Gasteiger partial charge < -0.3 is 5.41 Å². The molecule has 10 heavy (non-hydrogen) atoms. The highest BCUT2D eigenvalue weighted by Crippen LogP contribution is 2.01. The van der Waals surface area contributed by atoms with Gasteiger partial charge in [-0.05, 0) is 25.5 Å². The molecule has 0 fully saturated rings. The third kappa shape index (κ3) is 6.89. The van der Waals surface area contributed by atoms with E-state index in [2.05, 4.69) is 19.7 Å². The molecule has 56 valence electrons. The summed E-state index contributed by atoms with van der Waals surface area (Å²) in [7, 11) is 0. The zero-order valence-corrected chi connectivity index (χ0v) is 6.78. The lowest BCUT2D eigenvalue weighted by atomic mass is 10.1. The lowest BCUT2D eigenvalue weighted by molar-refractivity contribution is 1.37. The number of hydrogen-bond donors (Lipinski definition) is 1. The summed E-state index contributed by atoms with van der Waals surface area (Å²) in [4.78, 5) is 0. The summed E-state index contributed by atoms with van der Waals surface area (Å²) in [6.45, 7) is 13.6. The fourth-order valence-electron chi connectivity index (χ4n) is 0.267. The van der Waals surface area contributed by atoms with Crippen LogP contribution in [0.15, 0.2) is 37.0 Å². The molecule has 0 rings (SSSR count). The first kappa shape index (κ1) is 11.7. The molecule has 0 radical (unpaired) electrons. The number of hydrogen-bond acceptors (Lipinski definition) is 1. The van der Waals surface area contributed by atoms with Crippen LogP contribution in [0.4, 0.5) is 0 Å². The Bertz CT molecular complexity index is 143. The summed E-state index contributed by atoms with van der Waals surface area (Å²) in [5.41, 5.74) is 2.09. The van der Waals surface area contributed by atoms with Crippen molar-refractivity contribution in [1.82, 2.24) is 0 Å². The summed E-state index contributed by atoms with van der Waals surface area (Å²) in [5.74, 6) is 0. The van der Waals surface area contributed by atoms with Crippen molar-refractivity contribution in [2.45, 2.75) is 13.8 Å². The van der Waals surface area contributed by atoms with Crippen molar-refractivity contribution in [1.29, 1.82) is 5.41 Å². The lowest BCUT2D eigenvalue weighted by Crippen LogP contribution is -1.74. The van der Waals surface area contributed by atoms with Gasteiger partial charge >= 0.3 is 0 Å². The van der Waals surface area contributed by atoms with Crippen LogP contribution in [0.1, 0.15) is 13.8 Å². The van der Waals surface area contributed by atoms with Crippen molar-refractivity contribution in [2.75, 3.05) is 0 Å². The molecule has 0 saturated heterocycles. The molecular formula is C9H15N. The predicted octanol–water partition coefficient (Wildman–Crippen LogP) is 2.96. The number of rotatable bonds is 2. The van der Waals surface area contributed by atoms with Crippen molar-refractivity contribution >= 4 is 6.21 Å². The molecule has 1 N–H and O–H groups in total. The van der Waals surface area contributed by atoms with Crippen molar-refractivity contribution in [2.24, 2.45) is 0 Å². The average Bonchev–Trinajstić information content (AvgIpc) is 1.93. The standard InChI is InChI=1S/C7H11N.C2H4/c1-6(2)7(3)4-5-8;1-2/h4-5,8H,1H2,2-3H3;1-2H2/b7-4+,8-5?;. The van der Waals surface area contributed by atoms with E-state index in [0.29, 0.717) is 0 Å². The molecule has 0 amide bonds. The van der Waals surface area contributed by atoms with Crippen molar-refractivity contribution in [3.05, 3.63) is 37.0 Å². The van der Waals surface area contributed by atoms with E-state index >= 15 is 0 Å². The van der Waals surface area contributed by atoms with E-state index < -0.39 is 0 Å². The van der Waals surface area contributed by atoms with Crippen LogP contribution in [0.5, 0.6) is 0 Å². The fourth-order valence-corrected chi connectivity index (χ4v) is 0.267. The van der Waals surface area contributed by atoms with Crippen LogP contribution in [0.25, 0.3) is 0 Å². The Hall–Kier alpha value is -1.11. The number of nitrogens with one attached hydrogen (secondary N) is 1. The molecule has 0 spiro atoms. The van der Waals surface area contributed by atoms with Gasteiger partial charge in [-0.3, -0.25) is 0 Å². The summed E-state index contributed by atoms with van der Waals surface area (Å²) >= 11 is 0. The Morgan fingerprint density at radius 1 is 1.30 bits per heavy atom. The molecule has 0 aliphatic carbocycles.